The van der Waals surface area contributed by atoms with Crippen molar-refractivity contribution in [3.8, 4) is 11.1 Å². The number of halogens is 2. The lowest BCUT2D eigenvalue weighted by atomic mass is 9.93. The van der Waals surface area contributed by atoms with E-state index in [1.807, 2.05) is 0 Å². The van der Waals surface area contributed by atoms with Crippen molar-refractivity contribution in [2.24, 2.45) is 0 Å². The number of piperazine rings is 1. The Morgan fingerprint density at radius 3 is 2.53 bits per heavy atom. The molecule has 3 aromatic rings. The second-order valence-corrected chi connectivity index (χ2v) is 9.34. The zero-order chi connectivity index (χ0) is 23.5. The predicted molar refractivity (Wildman–Crippen MR) is 129 cm³/mol. The quantitative estimate of drug-likeness (QED) is 0.489. The zero-order valence-corrected chi connectivity index (χ0v) is 19.3. The Balaban J connectivity index is 1.45. The third-order valence-electron chi connectivity index (χ3n) is 6.93. The first-order chi connectivity index (χ1) is 16.6. The number of nitrogens with zero attached hydrogens (tertiary/aromatic N) is 4. The van der Waals surface area contributed by atoms with Gasteiger partial charge in [-0.2, -0.15) is 4.98 Å². The van der Waals surface area contributed by atoms with E-state index in [1.54, 1.807) is 6.20 Å². The molecule has 1 aliphatic carbocycles. The molecule has 34 heavy (non-hydrogen) atoms. The zero-order valence-electron chi connectivity index (χ0n) is 19.3. The van der Waals surface area contributed by atoms with E-state index in [2.05, 4.69) is 60.5 Å². The van der Waals surface area contributed by atoms with Crippen molar-refractivity contribution in [2.75, 3.05) is 38.0 Å². The molecule has 1 saturated carbocycles. The predicted octanol–water partition coefficient (Wildman–Crippen LogP) is 3.66. The average molecular weight is 471 g/mol. The molecule has 2 fully saturated rings. The molecule has 5 rings (SSSR count). The first kappa shape index (κ1) is 23.1. The molecule has 0 spiro atoms. The standard InChI is InChI=1S/C25H32F2N6O/c26-23(27)14-30-25-29-13-21-22(16-33(24(21)31-25)19-5-7-20(34)8-6-19)18-3-1-17(2-4-18)15-32-11-9-28-10-12-32/h1-4,13,16,19-20,23,28,34H,5-12,14-15H2,(H,29,30,31). The van der Waals surface area contributed by atoms with E-state index < -0.39 is 13.0 Å². The minimum atomic E-state index is -2.47. The summed E-state index contributed by atoms with van der Waals surface area (Å²) < 4.78 is 27.5. The highest BCUT2D eigenvalue weighted by molar-refractivity contribution is 5.94. The van der Waals surface area contributed by atoms with Crippen LogP contribution in [0.1, 0.15) is 37.3 Å². The van der Waals surface area contributed by atoms with Gasteiger partial charge in [0, 0.05) is 62.1 Å². The molecular formula is C25H32F2N6O. The van der Waals surface area contributed by atoms with Crippen LogP contribution in [0.5, 0.6) is 0 Å². The Hall–Kier alpha value is -2.62. The van der Waals surface area contributed by atoms with Gasteiger partial charge in [-0.1, -0.05) is 24.3 Å². The van der Waals surface area contributed by atoms with E-state index in [-0.39, 0.29) is 18.1 Å². The molecule has 0 amide bonds. The lowest BCUT2D eigenvalue weighted by Crippen LogP contribution is -2.42. The Morgan fingerprint density at radius 1 is 1.09 bits per heavy atom. The lowest BCUT2D eigenvalue weighted by molar-refractivity contribution is 0.111. The Bertz CT molecular complexity index is 1090. The molecule has 0 unspecified atom stereocenters. The summed E-state index contributed by atoms with van der Waals surface area (Å²) in [4.78, 5) is 11.4. The number of anilines is 1. The number of benzene rings is 1. The molecule has 1 saturated heterocycles. The minimum Gasteiger partial charge on any atom is -0.393 e. The number of fused-ring (bicyclic) bond motifs is 1. The van der Waals surface area contributed by atoms with Gasteiger partial charge < -0.3 is 20.3 Å². The van der Waals surface area contributed by atoms with Crippen molar-refractivity contribution in [1.29, 1.82) is 0 Å². The van der Waals surface area contributed by atoms with Gasteiger partial charge in [-0.05, 0) is 36.8 Å². The van der Waals surface area contributed by atoms with Crippen LogP contribution in [0.4, 0.5) is 14.7 Å². The summed E-state index contributed by atoms with van der Waals surface area (Å²) >= 11 is 0. The summed E-state index contributed by atoms with van der Waals surface area (Å²) in [6.07, 6.45) is 4.34. The van der Waals surface area contributed by atoms with Crippen LogP contribution in [0.15, 0.2) is 36.7 Å². The van der Waals surface area contributed by atoms with Gasteiger partial charge in [-0.3, -0.25) is 4.90 Å². The van der Waals surface area contributed by atoms with Gasteiger partial charge in [0.05, 0.1) is 12.6 Å². The highest BCUT2D eigenvalue weighted by Crippen LogP contribution is 2.36. The summed E-state index contributed by atoms with van der Waals surface area (Å²) in [5.41, 5.74) is 4.15. The number of aliphatic hydroxyl groups excluding tert-OH is 1. The fraction of sp³-hybridized carbons (Fsp3) is 0.520. The van der Waals surface area contributed by atoms with Crippen LogP contribution in [0.25, 0.3) is 22.2 Å². The first-order valence-electron chi connectivity index (χ1n) is 12.2. The molecule has 2 aliphatic rings. The largest absolute Gasteiger partial charge is 0.393 e. The van der Waals surface area contributed by atoms with Crippen molar-refractivity contribution in [1.82, 2.24) is 24.8 Å². The summed E-state index contributed by atoms with van der Waals surface area (Å²) in [5.74, 6) is 0.209. The Labute approximate surface area is 198 Å². The number of hydrogen-bond donors (Lipinski definition) is 3. The molecule has 3 heterocycles. The van der Waals surface area contributed by atoms with Crippen LogP contribution in [0.3, 0.4) is 0 Å². The molecular weight excluding hydrogens is 438 g/mol. The highest BCUT2D eigenvalue weighted by atomic mass is 19.3. The molecule has 2 aromatic heterocycles. The van der Waals surface area contributed by atoms with E-state index in [0.29, 0.717) is 0 Å². The third kappa shape index (κ3) is 5.21. The fourth-order valence-electron chi connectivity index (χ4n) is 5.04. The van der Waals surface area contributed by atoms with Gasteiger partial charge in [0.2, 0.25) is 5.95 Å². The van der Waals surface area contributed by atoms with Gasteiger partial charge in [0.1, 0.15) is 5.65 Å². The second kappa shape index (κ2) is 10.3. The minimum absolute atomic E-state index is 0.209. The van der Waals surface area contributed by atoms with Crippen LogP contribution in [-0.4, -0.2) is 69.8 Å². The second-order valence-electron chi connectivity index (χ2n) is 9.34. The number of hydrogen-bond acceptors (Lipinski definition) is 6. The topological polar surface area (TPSA) is 78.2 Å². The highest BCUT2D eigenvalue weighted by Gasteiger charge is 2.24. The molecule has 7 nitrogen and oxygen atoms in total. The van der Waals surface area contributed by atoms with Crippen LogP contribution >= 0.6 is 0 Å². The summed E-state index contributed by atoms with van der Waals surface area (Å²) in [5, 5.41) is 16.9. The normalized spacial score (nSPS) is 21.9. The number of aliphatic hydroxyl groups is 1. The SMILES string of the molecule is OC1CCC(n2cc(-c3ccc(CN4CCNCC4)cc3)c3cnc(NCC(F)F)nc32)CC1. The molecule has 0 radical (unpaired) electrons. The molecule has 3 N–H and O–H groups in total. The Kier molecular flexibility index (Phi) is 7.03. The van der Waals surface area contributed by atoms with E-state index >= 15 is 0 Å². The maximum Gasteiger partial charge on any atom is 0.255 e. The van der Waals surface area contributed by atoms with Gasteiger partial charge in [-0.25, -0.2) is 13.8 Å². The van der Waals surface area contributed by atoms with Crippen molar-refractivity contribution in [3.63, 3.8) is 0 Å². The maximum absolute atomic E-state index is 12.7. The number of aromatic nitrogens is 3. The molecule has 0 atom stereocenters. The van der Waals surface area contributed by atoms with Crippen LogP contribution in [0, 0.1) is 0 Å². The average Bonchev–Trinajstić information content (AvgIpc) is 3.23. The van der Waals surface area contributed by atoms with Gasteiger partial charge in [-0.15, -0.1) is 0 Å². The van der Waals surface area contributed by atoms with Crippen LogP contribution in [0.2, 0.25) is 0 Å². The van der Waals surface area contributed by atoms with Gasteiger partial charge in [0.15, 0.2) is 0 Å². The van der Waals surface area contributed by atoms with E-state index in [1.165, 1.54) is 5.56 Å². The summed E-state index contributed by atoms with van der Waals surface area (Å²) in [6, 6.07) is 8.85. The molecule has 182 valence electrons. The van der Waals surface area contributed by atoms with Crippen LogP contribution in [-0.2, 0) is 6.54 Å². The van der Waals surface area contributed by atoms with Gasteiger partial charge >= 0.3 is 0 Å². The number of rotatable bonds is 7. The van der Waals surface area contributed by atoms with Crippen molar-refractivity contribution in [3.05, 3.63) is 42.2 Å². The molecule has 0 bridgehead atoms. The molecule has 9 heteroatoms. The summed E-state index contributed by atoms with van der Waals surface area (Å²) in [7, 11) is 0. The third-order valence-corrected chi connectivity index (χ3v) is 6.93. The fourth-order valence-corrected chi connectivity index (χ4v) is 5.04. The molecule has 1 aliphatic heterocycles. The van der Waals surface area contributed by atoms with E-state index in [9.17, 15) is 13.9 Å². The maximum atomic E-state index is 12.7. The smallest absolute Gasteiger partial charge is 0.255 e. The number of nitrogens with one attached hydrogen (secondary N) is 2. The van der Waals surface area contributed by atoms with Crippen molar-refractivity contribution >= 4 is 17.0 Å². The van der Waals surface area contributed by atoms with E-state index in [0.717, 1.165) is 80.6 Å². The number of alkyl halides is 2. The van der Waals surface area contributed by atoms with Gasteiger partial charge in [0.25, 0.3) is 6.43 Å². The first-order valence-corrected chi connectivity index (χ1v) is 12.2. The van der Waals surface area contributed by atoms with Crippen molar-refractivity contribution < 1.29 is 13.9 Å². The van der Waals surface area contributed by atoms with E-state index in [4.69, 9.17) is 0 Å². The lowest BCUT2D eigenvalue weighted by Gasteiger charge is -2.27. The van der Waals surface area contributed by atoms with Crippen LogP contribution < -0.4 is 10.6 Å². The summed E-state index contributed by atoms with van der Waals surface area (Å²) in [6.45, 7) is 4.64. The molecule has 1 aromatic carbocycles. The van der Waals surface area contributed by atoms with Crippen molar-refractivity contribution in [2.45, 2.75) is 50.8 Å². The monoisotopic (exact) mass is 470 g/mol. The Morgan fingerprint density at radius 2 is 1.82 bits per heavy atom.